The van der Waals surface area contributed by atoms with Gasteiger partial charge in [-0.25, -0.2) is 0 Å². The molecule has 5 atom stereocenters. The van der Waals surface area contributed by atoms with E-state index in [-0.39, 0.29) is 18.2 Å². The topological polar surface area (TPSA) is 146 Å². The Balaban J connectivity index is 3.84. The number of nitrogens with one attached hydrogen (secondary N) is 2. The van der Waals surface area contributed by atoms with Crippen LogP contribution in [0.4, 0.5) is 0 Å². The van der Waals surface area contributed by atoms with Crippen LogP contribution in [0.5, 0.6) is 0 Å². The Morgan fingerprint density at radius 2 is 1.22 bits per heavy atom. The Morgan fingerprint density at radius 3 is 1.76 bits per heavy atom. The van der Waals surface area contributed by atoms with E-state index >= 15 is 0 Å². The molecule has 248 valence electrons. The van der Waals surface area contributed by atoms with Crippen molar-refractivity contribution >= 4 is 16.6 Å². The molecule has 0 aromatic heterocycles. The molecule has 0 spiro atoms. The fraction of sp³-hybridized carbons (Fsp3) is 1.00. The van der Waals surface area contributed by atoms with Gasteiger partial charge in [-0.05, 0) is 78.9 Å². The molecule has 0 fully saturated rings. The van der Waals surface area contributed by atoms with Crippen LogP contribution in [0.1, 0.15) is 33.6 Å². The van der Waals surface area contributed by atoms with E-state index in [9.17, 15) is 10.2 Å². The Labute approximate surface area is 252 Å². The van der Waals surface area contributed by atoms with E-state index in [2.05, 4.69) is 36.8 Å². The van der Waals surface area contributed by atoms with Crippen molar-refractivity contribution in [1.29, 1.82) is 0 Å². The lowest BCUT2D eigenvalue weighted by Gasteiger charge is -2.34. The quantitative estimate of drug-likeness (QED) is 0.0613. The molecule has 0 aromatic carbocycles. The molecule has 0 heterocycles. The molecule has 0 saturated heterocycles. The second-order valence-corrected chi connectivity index (χ2v) is 21.3. The number of nitrogens with two attached hydrogens (primary N) is 1. The molecule has 11 nitrogen and oxygen atoms in total. The summed E-state index contributed by atoms with van der Waals surface area (Å²) in [7, 11) is -1.75. The van der Waals surface area contributed by atoms with Gasteiger partial charge in [0.2, 0.25) is 0 Å². The summed E-state index contributed by atoms with van der Waals surface area (Å²) in [5.74, 6) is 0. The summed E-state index contributed by atoms with van der Waals surface area (Å²) < 4.78 is 34.8. The van der Waals surface area contributed by atoms with Gasteiger partial charge in [0.25, 0.3) is 0 Å². The lowest BCUT2D eigenvalue weighted by molar-refractivity contribution is -0.0331. The minimum atomic E-state index is -1.79. The minimum absolute atomic E-state index is 0.00332. The first kappa shape index (κ1) is 41.0. The van der Waals surface area contributed by atoms with Crippen molar-refractivity contribution in [2.24, 2.45) is 5.73 Å². The van der Waals surface area contributed by atoms with Gasteiger partial charge in [-0.15, -0.1) is 0 Å². The van der Waals surface area contributed by atoms with Gasteiger partial charge in [0.05, 0.1) is 64.6 Å². The van der Waals surface area contributed by atoms with Crippen molar-refractivity contribution in [3.8, 4) is 0 Å². The van der Waals surface area contributed by atoms with Crippen molar-refractivity contribution in [3.63, 3.8) is 0 Å². The van der Waals surface area contributed by atoms with Crippen LogP contribution < -0.4 is 16.4 Å². The maximum atomic E-state index is 10.3. The largest absolute Gasteiger partial charge is 0.455 e. The third-order valence-corrected chi connectivity index (χ3v) is 13.7. The van der Waals surface area contributed by atoms with Crippen molar-refractivity contribution in [2.75, 3.05) is 79.6 Å². The monoisotopic (exact) mass is 627 g/mol. The maximum absolute atomic E-state index is 10.3. The summed E-state index contributed by atoms with van der Waals surface area (Å²) in [6, 6.07) is 2.22. The van der Waals surface area contributed by atoms with Crippen LogP contribution in [0.25, 0.3) is 0 Å². The van der Waals surface area contributed by atoms with Gasteiger partial charge < -0.3 is 54.4 Å². The van der Waals surface area contributed by atoms with E-state index in [1.165, 1.54) is 0 Å². The summed E-state index contributed by atoms with van der Waals surface area (Å²) in [4.78, 5) is 0. The molecule has 0 radical (unpaired) electrons. The number of likely N-dealkylation sites (N-methyl/N-ethyl adjacent to an activating group) is 1. The third kappa shape index (κ3) is 27.3. The summed E-state index contributed by atoms with van der Waals surface area (Å²) in [6.07, 6.45) is 0.864. The Hall–Kier alpha value is -0.00623. The highest BCUT2D eigenvalue weighted by Crippen LogP contribution is 2.23. The smallest absolute Gasteiger partial charge is 0.173 e. The van der Waals surface area contributed by atoms with Crippen molar-refractivity contribution in [3.05, 3.63) is 0 Å². The lowest BCUT2D eigenvalue weighted by atomic mass is 10.3. The molecular weight excluding hydrogens is 562 g/mol. The van der Waals surface area contributed by atoms with Crippen LogP contribution in [0.2, 0.25) is 38.3 Å². The van der Waals surface area contributed by atoms with Crippen LogP contribution in [-0.4, -0.2) is 137 Å². The second kappa shape index (κ2) is 24.3. The molecule has 0 rings (SSSR count). The predicted molar refractivity (Wildman–Crippen MR) is 171 cm³/mol. The van der Waals surface area contributed by atoms with Crippen LogP contribution >= 0.6 is 0 Å². The fourth-order valence-corrected chi connectivity index (χ4v) is 13.1. The van der Waals surface area contributed by atoms with E-state index in [4.69, 9.17) is 33.5 Å². The standard InChI is InChI=1S/C28H65N3O8Si2/c1-24(29)19-37-21-26(3)38-14-13-36-20-25(2)31-18-28(33)23-35-12-10-16-41(7,8)39-40(5,6)15-9-11-34-22-27(32)17-30-4/h24-28,30-33H,9-23,29H2,1-8H3. The second-order valence-electron chi connectivity index (χ2n) is 12.4. The van der Waals surface area contributed by atoms with Crippen LogP contribution in [0, 0.1) is 0 Å². The number of ether oxygens (including phenoxy) is 5. The van der Waals surface area contributed by atoms with Gasteiger partial charge in [-0.3, -0.25) is 0 Å². The van der Waals surface area contributed by atoms with Gasteiger partial charge >= 0.3 is 0 Å². The van der Waals surface area contributed by atoms with Gasteiger partial charge in [-0.1, -0.05) is 0 Å². The summed E-state index contributed by atoms with van der Waals surface area (Å²) in [6.45, 7) is 20.6. The highest BCUT2D eigenvalue weighted by atomic mass is 28.4. The first-order valence-electron chi connectivity index (χ1n) is 15.4. The summed E-state index contributed by atoms with van der Waals surface area (Å²) in [5, 5.41) is 26.2. The number of aliphatic hydroxyl groups is 2. The van der Waals surface area contributed by atoms with Gasteiger partial charge in [0.15, 0.2) is 16.6 Å². The molecule has 0 aliphatic rings. The Bertz CT molecular complexity index is 609. The van der Waals surface area contributed by atoms with Crippen molar-refractivity contribution in [2.45, 2.75) is 102 Å². The zero-order chi connectivity index (χ0) is 31.2. The predicted octanol–water partition coefficient (Wildman–Crippen LogP) is 1.93. The van der Waals surface area contributed by atoms with Crippen LogP contribution in [0.15, 0.2) is 0 Å². The average molecular weight is 628 g/mol. The molecular formula is C28H65N3O8Si2. The van der Waals surface area contributed by atoms with E-state index < -0.39 is 28.8 Å². The molecule has 0 amide bonds. The maximum Gasteiger partial charge on any atom is 0.173 e. The zero-order valence-corrected chi connectivity index (χ0v) is 29.4. The average Bonchev–Trinajstić information content (AvgIpc) is 2.86. The molecule has 0 saturated carbocycles. The van der Waals surface area contributed by atoms with E-state index in [1.54, 1.807) is 0 Å². The summed E-state index contributed by atoms with van der Waals surface area (Å²) in [5.41, 5.74) is 5.66. The Morgan fingerprint density at radius 1 is 0.683 bits per heavy atom. The van der Waals surface area contributed by atoms with Crippen molar-refractivity contribution < 1.29 is 38.0 Å². The van der Waals surface area contributed by atoms with Gasteiger partial charge in [0, 0.05) is 38.4 Å². The van der Waals surface area contributed by atoms with Crippen molar-refractivity contribution in [1.82, 2.24) is 10.6 Å². The SMILES string of the molecule is CNCC(O)COCCC[Si](C)(C)O[Si](C)(C)CCCOCC(O)CNC(C)COCCOC(C)COCC(C)N. The first-order valence-corrected chi connectivity index (χ1v) is 21.6. The van der Waals surface area contributed by atoms with E-state index in [1.807, 2.05) is 27.8 Å². The molecule has 0 aliphatic carbocycles. The van der Waals surface area contributed by atoms with Crippen LogP contribution in [0.3, 0.4) is 0 Å². The highest BCUT2D eigenvalue weighted by Gasteiger charge is 2.32. The Kier molecular flexibility index (Phi) is 24.3. The molecule has 0 bridgehead atoms. The molecule has 0 aromatic rings. The fourth-order valence-electron chi connectivity index (χ4n) is 4.27. The number of hydrogen-bond donors (Lipinski definition) is 5. The molecule has 5 unspecified atom stereocenters. The van der Waals surface area contributed by atoms with Gasteiger partial charge in [0.1, 0.15) is 0 Å². The van der Waals surface area contributed by atoms with Crippen LogP contribution in [-0.2, 0) is 27.8 Å². The molecule has 41 heavy (non-hydrogen) atoms. The minimum Gasteiger partial charge on any atom is -0.455 e. The zero-order valence-electron chi connectivity index (χ0n) is 27.4. The van der Waals surface area contributed by atoms with E-state index in [0.29, 0.717) is 72.6 Å². The first-order chi connectivity index (χ1) is 19.3. The van der Waals surface area contributed by atoms with E-state index in [0.717, 1.165) is 24.9 Å². The molecule has 6 N–H and O–H groups in total. The normalized spacial score (nSPS) is 16.5. The number of rotatable bonds is 29. The highest BCUT2D eigenvalue weighted by molar-refractivity contribution is 6.84. The molecule has 13 heteroatoms. The molecule has 0 aliphatic heterocycles. The van der Waals surface area contributed by atoms with Gasteiger partial charge in [-0.2, -0.15) is 0 Å². The third-order valence-electron chi connectivity index (χ3n) is 6.18. The number of aliphatic hydroxyl groups excluding tert-OH is 2. The lowest BCUT2D eigenvalue weighted by Crippen LogP contribution is -2.44. The summed E-state index contributed by atoms with van der Waals surface area (Å²) >= 11 is 0. The number of hydrogen-bond acceptors (Lipinski definition) is 11.